The Hall–Kier alpha value is -3.94. The van der Waals surface area contributed by atoms with Crippen molar-refractivity contribution in [1.82, 2.24) is 0 Å². The Kier molecular flexibility index (Phi) is 6.26. The van der Waals surface area contributed by atoms with Crippen LogP contribution in [0.2, 0.25) is 0 Å². The number of thiophene rings is 1. The van der Waals surface area contributed by atoms with E-state index in [-0.39, 0.29) is 0 Å². The Morgan fingerprint density at radius 2 is 1.24 bits per heavy atom. The van der Waals surface area contributed by atoms with Crippen molar-refractivity contribution in [3.05, 3.63) is 119 Å². The first-order valence-electron chi connectivity index (χ1n) is 13.4. The molecule has 1 heterocycles. The molecule has 1 aromatic heterocycles. The zero-order valence-corrected chi connectivity index (χ0v) is 23.5. The Labute approximate surface area is 229 Å². The van der Waals surface area contributed by atoms with Gasteiger partial charge in [-0.1, -0.05) is 91.0 Å². The number of hydrogen-bond donors (Lipinski definition) is 0. The van der Waals surface area contributed by atoms with E-state index in [0.29, 0.717) is 0 Å². The molecule has 0 unspecified atom stereocenters. The van der Waals surface area contributed by atoms with Gasteiger partial charge >= 0.3 is 0 Å². The predicted molar refractivity (Wildman–Crippen MR) is 171 cm³/mol. The van der Waals surface area contributed by atoms with Gasteiger partial charge in [0.25, 0.3) is 0 Å². The van der Waals surface area contributed by atoms with E-state index in [0.717, 1.165) is 0 Å². The molecule has 0 aliphatic carbocycles. The van der Waals surface area contributed by atoms with Crippen LogP contribution in [0.5, 0.6) is 0 Å². The molecule has 0 fully saturated rings. The summed E-state index contributed by atoms with van der Waals surface area (Å²) in [5.41, 5.74) is 10.6. The van der Waals surface area contributed by atoms with Crippen molar-refractivity contribution in [2.45, 2.75) is 34.6 Å². The van der Waals surface area contributed by atoms with Gasteiger partial charge in [-0.2, -0.15) is 0 Å². The second kappa shape index (κ2) is 9.74. The summed E-state index contributed by atoms with van der Waals surface area (Å²) < 4.78 is 1.37. The van der Waals surface area contributed by atoms with Crippen LogP contribution < -0.4 is 0 Å². The smallest absolute Gasteiger partial charge is 0.0427 e. The van der Waals surface area contributed by atoms with Crippen LogP contribution in [0.15, 0.2) is 91.0 Å². The van der Waals surface area contributed by atoms with Gasteiger partial charge in [-0.05, 0) is 118 Å². The Morgan fingerprint density at radius 3 is 2.00 bits per heavy atom. The summed E-state index contributed by atoms with van der Waals surface area (Å²) in [7, 11) is 0. The number of allylic oxidation sites excluding steroid dienone is 2. The average molecular weight is 509 g/mol. The number of benzene rings is 5. The van der Waals surface area contributed by atoms with Crippen LogP contribution in [0.1, 0.15) is 41.7 Å². The van der Waals surface area contributed by atoms with E-state index in [9.17, 15) is 0 Å². The molecule has 0 atom stereocenters. The lowest BCUT2D eigenvalue weighted by Crippen LogP contribution is -1.95. The minimum absolute atomic E-state index is 1.27. The van der Waals surface area contributed by atoms with E-state index in [1.807, 2.05) is 11.3 Å². The van der Waals surface area contributed by atoms with Gasteiger partial charge in [-0.3, -0.25) is 0 Å². The fraction of sp³-hybridized carbons (Fsp3) is 0.135. The van der Waals surface area contributed by atoms with Gasteiger partial charge in [0.05, 0.1) is 0 Å². The van der Waals surface area contributed by atoms with Gasteiger partial charge < -0.3 is 0 Å². The minimum atomic E-state index is 1.27. The van der Waals surface area contributed by atoms with Gasteiger partial charge in [0, 0.05) is 9.58 Å². The average Bonchev–Trinajstić information content (AvgIpc) is 3.38. The summed E-state index contributed by atoms with van der Waals surface area (Å²) in [6.45, 7) is 11.0. The molecule has 38 heavy (non-hydrogen) atoms. The second-order valence-corrected chi connectivity index (χ2v) is 11.2. The van der Waals surface area contributed by atoms with Crippen LogP contribution in [0.3, 0.4) is 0 Å². The predicted octanol–water partition coefficient (Wildman–Crippen LogP) is 11.5. The first-order valence-corrected chi connectivity index (χ1v) is 14.2. The monoisotopic (exact) mass is 508 g/mol. The van der Waals surface area contributed by atoms with Crippen LogP contribution >= 0.6 is 11.3 Å². The largest absolute Gasteiger partial charge is 0.135 e. The fourth-order valence-electron chi connectivity index (χ4n) is 5.86. The van der Waals surface area contributed by atoms with Crippen molar-refractivity contribution in [3.63, 3.8) is 0 Å². The van der Waals surface area contributed by atoms with Crippen molar-refractivity contribution >= 4 is 55.1 Å². The molecule has 0 aliphatic rings. The van der Waals surface area contributed by atoms with Crippen LogP contribution in [0.25, 0.3) is 65.4 Å². The zero-order chi connectivity index (χ0) is 26.4. The quantitative estimate of drug-likeness (QED) is 0.222. The summed E-state index contributed by atoms with van der Waals surface area (Å²) in [4.78, 5) is 1.33. The third kappa shape index (κ3) is 3.90. The maximum absolute atomic E-state index is 2.40. The summed E-state index contributed by atoms with van der Waals surface area (Å²) in [6, 6.07) is 29.3. The van der Waals surface area contributed by atoms with E-state index in [1.54, 1.807) is 0 Å². The van der Waals surface area contributed by atoms with Crippen LogP contribution in [0.4, 0.5) is 0 Å². The first kappa shape index (κ1) is 24.4. The lowest BCUT2D eigenvalue weighted by molar-refractivity contribution is 1.33. The molecule has 0 saturated heterocycles. The first-order chi connectivity index (χ1) is 18.5. The van der Waals surface area contributed by atoms with E-state index in [4.69, 9.17) is 0 Å². The summed E-state index contributed by atoms with van der Waals surface area (Å²) >= 11 is 1.90. The van der Waals surface area contributed by atoms with Crippen molar-refractivity contribution in [2.75, 3.05) is 0 Å². The molecule has 0 nitrogen and oxygen atoms in total. The third-order valence-electron chi connectivity index (χ3n) is 7.96. The Bertz CT molecular complexity index is 1910. The topological polar surface area (TPSA) is 0 Å². The Morgan fingerprint density at radius 1 is 0.553 bits per heavy atom. The summed E-state index contributed by atoms with van der Waals surface area (Å²) in [6.07, 6.45) is 8.81. The lowest BCUT2D eigenvalue weighted by Gasteiger charge is -2.17. The molecule has 6 aromatic rings. The maximum atomic E-state index is 2.40. The van der Waals surface area contributed by atoms with Crippen LogP contribution in [0, 0.1) is 20.8 Å². The SMILES string of the molecule is C/C=C\c1c(C)c(C)c(/C=C\C)c2cc(-c3cccc(-c4cc5ccc6ccccc6c5s4)c3C)ccc12. The number of rotatable bonds is 4. The van der Waals surface area contributed by atoms with Crippen molar-refractivity contribution in [2.24, 2.45) is 0 Å². The van der Waals surface area contributed by atoms with Gasteiger partial charge in [0.15, 0.2) is 0 Å². The molecule has 6 rings (SSSR count). The van der Waals surface area contributed by atoms with E-state index < -0.39 is 0 Å². The van der Waals surface area contributed by atoms with Crippen molar-refractivity contribution < 1.29 is 0 Å². The van der Waals surface area contributed by atoms with E-state index >= 15 is 0 Å². The van der Waals surface area contributed by atoms with Crippen LogP contribution in [-0.4, -0.2) is 0 Å². The number of hydrogen-bond acceptors (Lipinski definition) is 1. The molecule has 0 spiro atoms. The normalized spacial score (nSPS) is 12.1. The molecule has 0 amide bonds. The highest BCUT2D eigenvalue weighted by molar-refractivity contribution is 7.23. The van der Waals surface area contributed by atoms with E-state index in [1.165, 1.54) is 81.0 Å². The fourth-order valence-corrected chi connectivity index (χ4v) is 7.13. The second-order valence-electron chi connectivity index (χ2n) is 10.1. The number of fused-ring (bicyclic) bond motifs is 4. The molecular weight excluding hydrogens is 476 g/mol. The standard InChI is InChI=1S/C37H32S/c1-6-11-30-23(3)24(4)31(12-7-2)35-21-27(19-20-34(30)35)29-15-10-16-32(25(29)5)36-22-28-18-17-26-13-8-9-14-33(26)37(28)38-36/h6-22H,1-5H3/b11-6-,12-7-. The van der Waals surface area contributed by atoms with Gasteiger partial charge in [0.2, 0.25) is 0 Å². The molecule has 1 heteroatoms. The van der Waals surface area contributed by atoms with Gasteiger partial charge in [0.1, 0.15) is 0 Å². The van der Waals surface area contributed by atoms with Crippen molar-refractivity contribution in [3.8, 4) is 21.6 Å². The van der Waals surface area contributed by atoms with Gasteiger partial charge in [-0.15, -0.1) is 11.3 Å². The lowest BCUT2D eigenvalue weighted by atomic mass is 9.87. The molecule has 0 aliphatic heterocycles. The van der Waals surface area contributed by atoms with Crippen molar-refractivity contribution in [1.29, 1.82) is 0 Å². The molecule has 186 valence electrons. The van der Waals surface area contributed by atoms with E-state index in [2.05, 4.69) is 138 Å². The summed E-state index contributed by atoms with van der Waals surface area (Å²) in [5.74, 6) is 0. The maximum Gasteiger partial charge on any atom is 0.0427 e. The Balaban J connectivity index is 1.55. The highest BCUT2D eigenvalue weighted by atomic mass is 32.1. The molecule has 0 bridgehead atoms. The van der Waals surface area contributed by atoms with Crippen LogP contribution in [-0.2, 0) is 0 Å². The third-order valence-corrected chi connectivity index (χ3v) is 9.17. The highest BCUT2D eigenvalue weighted by Crippen LogP contribution is 2.42. The minimum Gasteiger partial charge on any atom is -0.135 e. The summed E-state index contributed by atoms with van der Waals surface area (Å²) in [5, 5.41) is 6.58. The molecule has 0 saturated carbocycles. The zero-order valence-electron chi connectivity index (χ0n) is 22.7. The molecular formula is C37H32S. The highest BCUT2D eigenvalue weighted by Gasteiger charge is 2.15. The molecule has 5 aromatic carbocycles. The molecule has 0 radical (unpaired) electrons. The molecule has 0 N–H and O–H groups in total. The van der Waals surface area contributed by atoms with Gasteiger partial charge in [-0.25, -0.2) is 0 Å².